The maximum Gasteiger partial charge on any atom is 0.131 e. The summed E-state index contributed by atoms with van der Waals surface area (Å²) in [5.74, 6) is 6.62. The normalized spacial score (nSPS) is 12.7. The molecule has 0 aliphatic rings. The van der Waals surface area contributed by atoms with E-state index in [-0.39, 0.29) is 6.04 Å². The van der Waals surface area contributed by atoms with E-state index in [9.17, 15) is 0 Å². The van der Waals surface area contributed by atoms with Gasteiger partial charge in [0.1, 0.15) is 11.9 Å². The van der Waals surface area contributed by atoms with E-state index in [1.165, 1.54) is 5.56 Å². The Kier molecular flexibility index (Phi) is 4.16. The van der Waals surface area contributed by atoms with Gasteiger partial charge in [0.05, 0.1) is 0 Å². The molecule has 96 valence electrons. The zero-order chi connectivity index (χ0) is 13.1. The smallest absolute Gasteiger partial charge is 0.131 e. The minimum absolute atomic E-state index is 0.100. The zero-order valence-electron chi connectivity index (χ0n) is 10.5. The van der Waals surface area contributed by atoms with E-state index < -0.39 is 0 Å². The summed E-state index contributed by atoms with van der Waals surface area (Å²) in [4.78, 5) is 4.39. The number of halogens is 1. The number of aromatic nitrogens is 2. The standard InChI is InChI=1S/C13H17BrN4/c1-3-18-7-6-16-13(18)12(17-15)10-5-4-9(2)11(14)8-10/h4-8,12,17H,3,15H2,1-2H3. The van der Waals surface area contributed by atoms with Crippen molar-refractivity contribution in [1.29, 1.82) is 0 Å². The van der Waals surface area contributed by atoms with Crippen molar-refractivity contribution < 1.29 is 0 Å². The summed E-state index contributed by atoms with van der Waals surface area (Å²) in [6.07, 6.45) is 3.76. The molecule has 2 rings (SSSR count). The Morgan fingerprint density at radius 1 is 1.50 bits per heavy atom. The van der Waals surface area contributed by atoms with Gasteiger partial charge < -0.3 is 4.57 Å². The Bertz CT molecular complexity index is 536. The minimum atomic E-state index is -0.100. The molecule has 2 aromatic rings. The van der Waals surface area contributed by atoms with E-state index in [0.717, 1.165) is 22.4 Å². The molecule has 1 aromatic heterocycles. The van der Waals surface area contributed by atoms with Gasteiger partial charge in [0.25, 0.3) is 0 Å². The van der Waals surface area contributed by atoms with Gasteiger partial charge in [-0.15, -0.1) is 0 Å². The van der Waals surface area contributed by atoms with Crippen LogP contribution in [0.15, 0.2) is 35.1 Å². The molecule has 0 spiro atoms. The SMILES string of the molecule is CCn1ccnc1C(NN)c1ccc(C)c(Br)c1. The van der Waals surface area contributed by atoms with Crippen LogP contribution in [0.1, 0.15) is 29.9 Å². The van der Waals surface area contributed by atoms with Crippen molar-refractivity contribution >= 4 is 15.9 Å². The summed E-state index contributed by atoms with van der Waals surface area (Å²) in [5.41, 5.74) is 5.13. The summed E-state index contributed by atoms with van der Waals surface area (Å²) in [6, 6.07) is 6.12. The lowest BCUT2D eigenvalue weighted by atomic mass is 10.1. The molecule has 5 heteroatoms. The molecular weight excluding hydrogens is 292 g/mol. The van der Waals surface area contributed by atoms with Crippen molar-refractivity contribution in [2.24, 2.45) is 5.84 Å². The van der Waals surface area contributed by atoms with Crippen LogP contribution in [0.4, 0.5) is 0 Å². The zero-order valence-corrected chi connectivity index (χ0v) is 12.1. The Balaban J connectivity index is 2.42. The molecule has 0 aliphatic carbocycles. The largest absolute Gasteiger partial charge is 0.334 e. The molecular formula is C13H17BrN4. The molecule has 18 heavy (non-hydrogen) atoms. The first kappa shape index (κ1) is 13.3. The number of nitrogens with two attached hydrogens (primary N) is 1. The maximum atomic E-state index is 5.69. The fraction of sp³-hybridized carbons (Fsp3) is 0.308. The molecule has 4 nitrogen and oxygen atoms in total. The summed E-state index contributed by atoms with van der Waals surface area (Å²) in [5, 5.41) is 0. The third-order valence-electron chi connectivity index (χ3n) is 3.04. The molecule has 0 bridgehead atoms. The molecule has 0 saturated carbocycles. The number of hydrogen-bond donors (Lipinski definition) is 2. The summed E-state index contributed by atoms with van der Waals surface area (Å²) in [6.45, 7) is 5.02. The van der Waals surface area contributed by atoms with Crippen LogP contribution in [0.2, 0.25) is 0 Å². The van der Waals surface area contributed by atoms with Gasteiger partial charge >= 0.3 is 0 Å². The number of rotatable bonds is 4. The van der Waals surface area contributed by atoms with Crippen LogP contribution in [0.5, 0.6) is 0 Å². The third-order valence-corrected chi connectivity index (χ3v) is 3.90. The third kappa shape index (κ3) is 2.48. The van der Waals surface area contributed by atoms with Crippen molar-refractivity contribution in [2.75, 3.05) is 0 Å². The number of nitrogens with one attached hydrogen (secondary N) is 1. The molecule has 0 fully saturated rings. The van der Waals surface area contributed by atoms with E-state index in [2.05, 4.69) is 63.0 Å². The molecule has 3 N–H and O–H groups in total. The monoisotopic (exact) mass is 308 g/mol. The minimum Gasteiger partial charge on any atom is -0.334 e. The second kappa shape index (κ2) is 5.65. The Morgan fingerprint density at radius 3 is 2.89 bits per heavy atom. The highest BCUT2D eigenvalue weighted by molar-refractivity contribution is 9.10. The number of hydrazine groups is 1. The Hall–Kier alpha value is -1.17. The van der Waals surface area contributed by atoms with E-state index >= 15 is 0 Å². The molecule has 1 heterocycles. The van der Waals surface area contributed by atoms with E-state index in [1.807, 2.05) is 6.20 Å². The second-order valence-electron chi connectivity index (χ2n) is 4.18. The van der Waals surface area contributed by atoms with Crippen molar-refractivity contribution in [2.45, 2.75) is 26.4 Å². The predicted molar refractivity (Wildman–Crippen MR) is 75.9 cm³/mol. The summed E-state index contributed by atoms with van der Waals surface area (Å²) >= 11 is 3.55. The Labute approximate surface area is 115 Å². The van der Waals surface area contributed by atoms with Gasteiger partial charge in [0.15, 0.2) is 0 Å². The first-order valence-electron chi connectivity index (χ1n) is 5.90. The lowest BCUT2D eigenvalue weighted by molar-refractivity contribution is 0.560. The van der Waals surface area contributed by atoms with Crippen LogP contribution in [0.3, 0.4) is 0 Å². The maximum absolute atomic E-state index is 5.69. The highest BCUT2D eigenvalue weighted by Crippen LogP contribution is 2.25. The van der Waals surface area contributed by atoms with Gasteiger partial charge in [-0.1, -0.05) is 28.1 Å². The molecule has 0 aliphatic heterocycles. The van der Waals surface area contributed by atoms with Crippen molar-refractivity contribution in [3.63, 3.8) is 0 Å². The number of hydrogen-bond acceptors (Lipinski definition) is 3. The highest BCUT2D eigenvalue weighted by atomic mass is 79.9. The van der Waals surface area contributed by atoms with Crippen LogP contribution < -0.4 is 11.3 Å². The molecule has 1 aromatic carbocycles. The van der Waals surface area contributed by atoms with Gasteiger partial charge in [-0.25, -0.2) is 10.4 Å². The molecule has 1 unspecified atom stereocenters. The highest BCUT2D eigenvalue weighted by Gasteiger charge is 2.17. The van der Waals surface area contributed by atoms with Crippen molar-refractivity contribution in [3.8, 4) is 0 Å². The molecule has 1 atom stereocenters. The molecule has 0 amide bonds. The van der Waals surface area contributed by atoms with Gasteiger partial charge in [0, 0.05) is 23.4 Å². The van der Waals surface area contributed by atoms with Gasteiger partial charge in [0.2, 0.25) is 0 Å². The number of aryl methyl sites for hydroxylation is 2. The first-order chi connectivity index (χ1) is 8.67. The van der Waals surface area contributed by atoms with Gasteiger partial charge in [-0.2, -0.15) is 0 Å². The van der Waals surface area contributed by atoms with Crippen LogP contribution in [-0.2, 0) is 6.54 Å². The summed E-state index contributed by atoms with van der Waals surface area (Å²) < 4.78 is 3.16. The van der Waals surface area contributed by atoms with E-state index in [1.54, 1.807) is 6.20 Å². The van der Waals surface area contributed by atoms with Crippen LogP contribution in [0, 0.1) is 6.92 Å². The second-order valence-corrected chi connectivity index (χ2v) is 5.03. The van der Waals surface area contributed by atoms with E-state index in [4.69, 9.17) is 5.84 Å². The van der Waals surface area contributed by atoms with Gasteiger partial charge in [-0.3, -0.25) is 5.84 Å². The van der Waals surface area contributed by atoms with Crippen LogP contribution in [-0.4, -0.2) is 9.55 Å². The summed E-state index contributed by atoms with van der Waals surface area (Å²) in [7, 11) is 0. The fourth-order valence-corrected chi connectivity index (χ4v) is 2.35. The first-order valence-corrected chi connectivity index (χ1v) is 6.69. The fourth-order valence-electron chi connectivity index (χ4n) is 1.96. The predicted octanol–water partition coefficient (Wildman–Crippen LogP) is 2.53. The van der Waals surface area contributed by atoms with Crippen LogP contribution in [0.25, 0.3) is 0 Å². The van der Waals surface area contributed by atoms with Crippen molar-refractivity contribution in [3.05, 3.63) is 52.0 Å². The lowest BCUT2D eigenvalue weighted by Crippen LogP contribution is -2.31. The average molecular weight is 309 g/mol. The van der Waals surface area contributed by atoms with Crippen LogP contribution >= 0.6 is 15.9 Å². The van der Waals surface area contributed by atoms with E-state index in [0.29, 0.717) is 0 Å². The van der Waals surface area contributed by atoms with Gasteiger partial charge in [-0.05, 0) is 31.0 Å². The number of imidazole rings is 1. The average Bonchev–Trinajstić information content (AvgIpc) is 2.83. The topological polar surface area (TPSA) is 55.9 Å². The van der Waals surface area contributed by atoms with Crippen molar-refractivity contribution in [1.82, 2.24) is 15.0 Å². The number of benzene rings is 1. The number of nitrogens with zero attached hydrogens (tertiary/aromatic N) is 2. The molecule has 0 saturated heterocycles. The molecule has 0 radical (unpaired) electrons. The Morgan fingerprint density at radius 2 is 2.28 bits per heavy atom. The lowest BCUT2D eigenvalue weighted by Gasteiger charge is -2.18. The quantitative estimate of drug-likeness (QED) is 0.674.